The number of hydrogen-bond acceptors (Lipinski definition) is 18. The molecule has 0 aliphatic carbocycles. The monoisotopic (exact) mass is 1190 g/mol. The number of amides is 6. The van der Waals surface area contributed by atoms with Gasteiger partial charge in [-0.05, 0) is 180 Å². The Bertz CT molecular complexity index is 2540. The van der Waals surface area contributed by atoms with Crippen LogP contribution in [0.3, 0.4) is 0 Å². The Morgan fingerprint density at radius 1 is 0.417 bits per heavy atom. The van der Waals surface area contributed by atoms with Gasteiger partial charge in [-0.25, -0.2) is 28.8 Å². The summed E-state index contributed by atoms with van der Waals surface area (Å²) in [5.74, 6) is -4.82. The first-order valence-electron chi connectivity index (χ1n) is 28.2. The predicted molar refractivity (Wildman–Crippen MR) is 309 cm³/mol. The predicted octanol–water partition coefficient (Wildman–Crippen LogP) is 7.38. The number of carbonyl (C=O) groups excluding carboxylic acids is 10. The molecule has 0 bridgehead atoms. The van der Waals surface area contributed by atoms with Crippen LogP contribution < -0.4 is 36.6 Å². The number of esters is 4. The molecule has 2 rings (SSSR count). The minimum absolute atomic E-state index is 0.133. The Morgan fingerprint density at radius 2 is 0.762 bits per heavy atom. The molecule has 0 fully saturated rings. The summed E-state index contributed by atoms with van der Waals surface area (Å²) in [6.07, 6.45) is -1.85. The molecule has 0 spiro atoms. The summed E-state index contributed by atoms with van der Waals surface area (Å²) in [4.78, 5) is 132. The van der Waals surface area contributed by atoms with Crippen LogP contribution >= 0.6 is 0 Å². The number of carbonyl (C=O) groups is 10. The highest BCUT2D eigenvalue weighted by Gasteiger charge is 2.34. The van der Waals surface area contributed by atoms with Crippen molar-refractivity contribution in [3.05, 3.63) is 53.5 Å². The first kappa shape index (κ1) is 72.7. The Balaban J connectivity index is 2.08. The van der Waals surface area contributed by atoms with E-state index in [1.807, 2.05) is 12.1 Å². The summed E-state index contributed by atoms with van der Waals surface area (Å²) in [5.41, 5.74) is -3.75. The average molecular weight is 1190 g/mol. The molecule has 84 heavy (non-hydrogen) atoms. The van der Waals surface area contributed by atoms with E-state index in [0.717, 1.165) is 11.1 Å². The molecule has 6 amide bonds. The van der Waals surface area contributed by atoms with Crippen LogP contribution in [0.5, 0.6) is 5.75 Å². The van der Waals surface area contributed by atoms with Crippen molar-refractivity contribution in [1.29, 1.82) is 0 Å². The maximum Gasteiger partial charge on any atom is 0.408 e. The summed E-state index contributed by atoms with van der Waals surface area (Å²) < 4.78 is 44.1. The van der Waals surface area contributed by atoms with E-state index >= 15 is 0 Å². The van der Waals surface area contributed by atoms with Crippen molar-refractivity contribution in [2.75, 3.05) is 6.54 Å². The first-order chi connectivity index (χ1) is 38.4. The van der Waals surface area contributed by atoms with E-state index in [4.69, 9.17) is 37.6 Å². The van der Waals surface area contributed by atoms with Gasteiger partial charge in [0, 0.05) is 37.8 Å². The second-order valence-corrected chi connectivity index (χ2v) is 26.2. The van der Waals surface area contributed by atoms with Gasteiger partial charge in [0.1, 0.15) is 75.9 Å². The van der Waals surface area contributed by atoms with Crippen molar-refractivity contribution in [3.63, 3.8) is 0 Å². The molecule has 0 unspecified atom stereocenters. The quantitative estimate of drug-likeness (QED) is 0.0357. The largest absolute Gasteiger partial charge is 0.489 e. The van der Waals surface area contributed by atoms with Crippen molar-refractivity contribution in [1.82, 2.24) is 31.9 Å². The highest BCUT2D eigenvalue weighted by Crippen LogP contribution is 2.20. The van der Waals surface area contributed by atoms with Crippen molar-refractivity contribution >= 4 is 59.7 Å². The molecule has 4 atom stereocenters. The zero-order valence-corrected chi connectivity index (χ0v) is 52.6. The fourth-order valence-corrected chi connectivity index (χ4v) is 7.26. The molecule has 24 nitrogen and oxygen atoms in total. The smallest absolute Gasteiger partial charge is 0.408 e. The van der Waals surface area contributed by atoms with E-state index in [9.17, 15) is 47.9 Å². The Kier molecular flexibility index (Phi) is 27.7. The lowest BCUT2D eigenvalue weighted by Gasteiger charge is -2.27. The van der Waals surface area contributed by atoms with Crippen LogP contribution in [-0.4, -0.2) is 124 Å². The summed E-state index contributed by atoms with van der Waals surface area (Å²) in [6.45, 7) is 30.4. The molecule has 0 radical (unpaired) electrons. The molecule has 0 saturated carbocycles. The van der Waals surface area contributed by atoms with Crippen LogP contribution in [0.4, 0.5) is 9.59 Å². The maximum absolute atomic E-state index is 13.6. The normalized spacial score (nSPS) is 13.5. The number of rotatable bonds is 28. The Labute approximate surface area is 494 Å². The highest BCUT2D eigenvalue weighted by atomic mass is 16.6. The van der Waals surface area contributed by atoms with Gasteiger partial charge < -0.3 is 69.5 Å². The Morgan fingerprint density at radius 3 is 1.13 bits per heavy atom. The molecule has 1 aromatic carbocycles. The molecular weight excluding hydrogens is 1090 g/mol. The van der Waals surface area contributed by atoms with E-state index in [0.29, 0.717) is 17.9 Å². The van der Waals surface area contributed by atoms with E-state index in [-0.39, 0.29) is 64.1 Å². The molecule has 2 aromatic rings. The summed E-state index contributed by atoms with van der Waals surface area (Å²) in [6, 6.07) is 3.71. The molecular formula is C60H94N6O18. The zero-order chi connectivity index (χ0) is 64.0. The molecule has 0 aliphatic heterocycles. The fraction of sp³-hybridized carbons (Fsp3) is 0.667. The standard InChI is InChI=1S/C60H94N6O18/c1-55(2,3)79-49(71)41(23-27-45(67)61-32-31-37-19-21-39(22-20-37)77-35-38-33-40(78-36-38)34-62-53(75)83-59(13,14)15)63-46(68)28-24-42(50(72)80-56(4,5)6)64-47(69)29-25-43(51(73)81-57(7,8)9)65-48(70)30-26-44(52(74)82-58(10,11)12)66-54(76)84-60(16,17)18/h19-22,33,36,41-44H,23-32,34-35H2,1-18H3,(H,61,67)(H,62,75)(H,63,68)(H,64,69)(H,65,70)(H,66,76)/t41-,42-,43-,44-/m0/s1. The van der Waals surface area contributed by atoms with Crippen LogP contribution in [-0.2, 0) is 86.3 Å². The third-order valence-electron chi connectivity index (χ3n) is 10.7. The topological polar surface area (TPSA) is 321 Å². The van der Waals surface area contributed by atoms with Gasteiger partial charge in [-0.1, -0.05) is 12.1 Å². The summed E-state index contributed by atoms with van der Waals surface area (Å²) >= 11 is 0. The minimum Gasteiger partial charge on any atom is -0.489 e. The molecule has 1 heterocycles. The van der Waals surface area contributed by atoms with Crippen LogP contribution in [0.15, 0.2) is 41.0 Å². The minimum atomic E-state index is -1.40. The molecule has 6 N–H and O–H groups in total. The fourth-order valence-electron chi connectivity index (χ4n) is 7.26. The molecule has 24 heteroatoms. The number of hydrogen-bond donors (Lipinski definition) is 6. The molecule has 1 aromatic heterocycles. The lowest BCUT2D eigenvalue weighted by molar-refractivity contribution is -0.160. The van der Waals surface area contributed by atoms with Crippen molar-refractivity contribution < 1.29 is 85.5 Å². The van der Waals surface area contributed by atoms with Gasteiger partial charge in [-0.15, -0.1) is 0 Å². The van der Waals surface area contributed by atoms with Gasteiger partial charge in [-0.3, -0.25) is 19.2 Å². The van der Waals surface area contributed by atoms with E-state index in [1.165, 1.54) is 0 Å². The number of furan rings is 1. The molecule has 0 saturated heterocycles. The molecule has 0 aliphatic rings. The van der Waals surface area contributed by atoms with Gasteiger partial charge >= 0.3 is 36.1 Å². The first-order valence-corrected chi connectivity index (χ1v) is 28.2. The van der Waals surface area contributed by atoms with Crippen LogP contribution in [0.1, 0.15) is 193 Å². The van der Waals surface area contributed by atoms with Gasteiger partial charge in [0.15, 0.2) is 0 Å². The van der Waals surface area contributed by atoms with Gasteiger partial charge in [0.25, 0.3) is 0 Å². The Hall–Kier alpha value is -7.40. The second-order valence-electron chi connectivity index (χ2n) is 26.2. The summed E-state index contributed by atoms with van der Waals surface area (Å²) in [7, 11) is 0. The zero-order valence-electron chi connectivity index (χ0n) is 52.6. The number of alkyl carbamates (subject to hydrolysis) is 2. The highest BCUT2D eigenvalue weighted by molar-refractivity contribution is 5.89. The van der Waals surface area contributed by atoms with Crippen molar-refractivity contribution in [2.45, 2.75) is 253 Å². The van der Waals surface area contributed by atoms with Gasteiger partial charge in [0.2, 0.25) is 23.6 Å². The van der Waals surface area contributed by atoms with E-state index in [1.54, 1.807) is 149 Å². The SMILES string of the molecule is CC(C)(C)OC(=O)NCc1cc(COc2ccc(CCNC(=O)CC[C@H](NC(=O)CC[C@H](NC(=O)CC[C@H](NC(=O)CC[C@H](NC(=O)OC(C)(C)C)C(=O)OC(C)(C)C)C(=O)OC(C)(C)C)C(=O)OC(C)(C)C)C(=O)OC(C)(C)C)cc2)co1. The summed E-state index contributed by atoms with van der Waals surface area (Å²) in [5, 5.41) is 15.7. The van der Waals surface area contributed by atoms with Crippen LogP contribution in [0.2, 0.25) is 0 Å². The lowest BCUT2D eigenvalue weighted by atomic mass is 10.1. The molecule has 472 valence electrons. The van der Waals surface area contributed by atoms with Crippen LogP contribution in [0, 0.1) is 0 Å². The van der Waals surface area contributed by atoms with Gasteiger partial charge in [-0.2, -0.15) is 0 Å². The van der Waals surface area contributed by atoms with Crippen molar-refractivity contribution in [2.24, 2.45) is 0 Å². The van der Waals surface area contributed by atoms with Gasteiger partial charge in [0.05, 0.1) is 12.8 Å². The average Bonchev–Trinajstić information content (AvgIpc) is 3.96. The number of benzene rings is 1. The van der Waals surface area contributed by atoms with Crippen molar-refractivity contribution in [3.8, 4) is 5.75 Å². The second kappa shape index (κ2) is 32.0. The number of nitrogens with one attached hydrogen (secondary N) is 6. The number of ether oxygens (including phenoxy) is 7. The third kappa shape index (κ3) is 33.6. The van der Waals surface area contributed by atoms with Crippen LogP contribution in [0.25, 0.3) is 0 Å². The van der Waals surface area contributed by atoms with E-state index in [2.05, 4.69) is 31.9 Å². The third-order valence-corrected chi connectivity index (χ3v) is 10.7. The van der Waals surface area contributed by atoms with E-state index < -0.39 is 124 Å². The maximum atomic E-state index is 13.6. The lowest BCUT2D eigenvalue weighted by Crippen LogP contribution is -2.48.